The van der Waals surface area contributed by atoms with E-state index in [4.69, 9.17) is 9.47 Å². The van der Waals surface area contributed by atoms with Gasteiger partial charge in [-0.05, 0) is 58.5 Å². The van der Waals surface area contributed by atoms with Gasteiger partial charge in [0.15, 0.2) is 0 Å². The number of carbonyl (C=O) groups excluding carboxylic acids is 1. The van der Waals surface area contributed by atoms with E-state index in [0.717, 1.165) is 55.0 Å². The van der Waals surface area contributed by atoms with Crippen LogP contribution in [0.5, 0.6) is 11.6 Å². The van der Waals surface area contributed by atoms with Crippen LogP contribution in [0.3, 0.4) is 0 Å². The number of likely N-dealkylation sites (tertiary alicyclic amines) is 1. The number of hydrogen-bond acceptors (Lipinski definition) is 5. The van der Waals surface area contributed by atoms with Crippen molar-refractivity contribution in [1.82, 2.24) is 19.4 Å². The van der Waals surface area contributed by atoms with Crippen molar-refractivity contribution in [3.8, 4) is 11.6 Å². The summed E-state index contributed by atoms with van der Waals surface area (Å²) >= 11 is 3.46. The summed E-state index contributed by atoms with van der Waals surface area (Å²) in [5.74, 6) is 2.97. The standard InChI is InChI=1S/C24H29BrN4O3/c1-4-21-26-19-14-20(25)27-24(23(19)28(21)2)32-12-10-17-13-22(30)29(15-17)11-9-16-5-7-18(31-3)8-6-16/h5-8,14,17H,4,9-13,15H2,1-3H3/t17-/m1/s1. The van der Waals surface area contributed by atoms with Crippen LogP contribution < -0.4 is 9.47 Å². The van der Waals surface area contributed by atoms with Crippen LogP contribution in [0, 0.1) is 5.92 Å². The van der Waals surface area contributed by atoms with Crippen LogP contribution in [-0.4, -0.2) is 52.1 Å². The van der Waals surface area contributed by atoms with Crippen LogP contribution in [0.15, 0.2) is 34.9 Å². The lowest BCUT2D eigenvalue weighted by molar-refractivity contribution is -0.127. The van der Waals surface area contributed by atoms with Crippen molar-refractivity contribution in [2.24, 2.45) is 13.0 Å². The highest BCUT2D eigenvalue weighted by atomic mass is 79.9. The third-order valence-corrected chi connectivity index (χ3v) is 6.49. The second kappa shape index (κ2) is 9.90. The smallest absolute Gasteiger partial charge is 0.241 e. The van der Waals surface area contributed by atoms with E-state index >= 15 is 0 Å². The van der Waals surface area contributed by atoms with Crippen LogP contribution in [0.2, 0.25) is 0 Å². The van der Waals surface area contributed by atoms with Crippen molar-refractivity contribution in [3.05, 3.63) is 46.3 Å². The van der Waals surface area contributed by atoms with Gasteiger partial charge < -0.3 is 18.9 Å². The summed E-state index contributed by atoms with van der Waals surface area (Å²) in [6.45, 7) is 4.13. The molecule has 1 fully saturated rings. The number of imidazole rings is 1. The number of nitrogens with zero attached hydrogens (tertiary/aromatic N) is 4. The van der Waals surface area contributed by atoms with E-state index in [1.165, 1.54) is 5.56 Å². The highest BCUT2D eigenvalue weighted by Gasteiger charge is 2.29. The van der Waals surface area contributed by atoms with Gasteiger partial charge >= 0.3 is 0 Å². The van der Waals surface area contributed by atoms with Gasteiger partial charge in [-0.2, -0.15) is 0 Å². The molecule has 1 atom stereocenters. The number of halogens is 1. The normalized spacial score (nSPS) is 16.2. The summed E-state index contributed by atoms with van der Waals surface area (Å²) in [6, 6.07) is 9.94. The highest BCUT2D eigenvalue weighted by molar-refractivity contribution is 9.10. The van der Waals surface area contributed by atoms with Crippen molar-refractivity contribution >= 4 is 32.9 Å². The predicted molar refractivity (Wildman–Crippen MR) is 127 cm³/mol. The Morgan fingerprint density at radius 1 is 1.22 bits per heavy atom. The molecule has 0 spiro atoms. The van der Waals surface area contributed by atoms with Gasteiger partial charge in [0.05, 0.1) is 19.2 Å². The summed E-state index contributed by atoms with van der Waals surface area (Å²) in [5.41, 5.74) is 2.99. The molecule has 3 heterocycles. The average Bonchev–Trinajstić information content (AvgIpc) is 3.31. The van der Waals surface area contributed by atoms with E-state index in [1.807, 2.05) is 34.7 Å². The Balaban J connectivity index is 1.31. The first-order chi connectivity index (χ1) is 15.5. The van der Waals surface area contributed by atoms with Gasteiger partial charge in [-0.15, -0.1) is 0 Å². The largest absolute Gasteiger partial charge is 0.497 e. The van der Waals surface area contributed by atoms with Gasteiger partial charge in [0, 0.05) is 33.0 Å². The number of methoxy groups -OCH3 is 1. The van der Waals surface area contributed by atoms with Crippen molar-refractivity contribution in [1.29, 1.82) is 0 Å². The molecule has 1 aliphatic heterocycles. The average molecular weight is 501 g/mol. The van der Waals surface area contributed by atoms with E-state index in [0.29, 0.717) is 29.4 Å². The van der Waals surface area contributed by atoms with Crippen molar-refractivity contribution in [2.75, 3.05) is 26.8 Å². The van der Waals surface area contributed by atoms with E-state index in [2.05, 4.69) is 45.0 Å². The molecule has 0 aliphatic carbocycles. The van der Waals surface area contributed by atoms with Crippen LogP contribution in [0.4, 0.5) is 0 Å². The number of hydrogen-bond donors (Lipinski definition) is 0. The lowest BCUT2D eigenvalue weighted by Crippen LogP contribution is -2.27. The molecule has 2 aromatic heterocycles. The minimum absolute atomic E-state index is 0.228. The molecule has 3 aromatic rings. The molecule has 1 aromatic carbocycles. The topological polar surface area (TPSA) is 69.5 Å². The first kappa shape index (κ1) is 22.6. The maximum absolute atomic E-state index is 12.5. The number of amides is 1. The number of benzene rings is 1. The van der Waals surface area contributed by atoms with Gasteiger partial charge in [0.2, 0.25) is 11.8 Å². The van der Waals surface area contributed by atoms with Gasteiger partial charge in [-0.25, -0.2) is 9.97 Å². The maximum atomic E-state index is 12.5. The summed E-state index contributed by atoms with van der Waals surface area (Å²) < 4.78 is 14.0. The Morgan fingerprint density at radius 3 is 2.72 bits per heavy atom. The number of ether oxygens (including phenoxy) is 2. The molecule has 32 heavy (non-hydrogen) atoms. The van der Waals surface area contributed by atoms with Gasteiger partial charge in [-0.1, -0.05) is 19.1 Å². The maximum Gasteiger partial charge on any atom is 0.241 e. The molecular formula is C24H29BrN4O3. The van der Waals surface area contributed by atoms with Crippen molar-refractivity contribution < 1.29 is 14.3 Å². The van der Waals surface area contributed by atoms with Crippen molar-refractivity contribution in [3.63, 3.8) is 0 Å². The molecule has 0 radical (unpaired) electrons. The van der Waals surface area contributed by atoms with Crippen LogP contribution in [0.25, 0.3) is 11.0 Å². The van der Waals surface area contributed by atoms with Crippen LogP contribution >= 0.6 is 15.9 Å². The van der Waals surface area contributed by atoms with E-state index in [9.17, 15) is 4.79 Å². The monoisotopic (exact) mass is 500 g/mol. The molecule has 1 saturated heterocycles. The minimum atomic E-state index is 0.228. The zero-order chi connectivity index (χ0) is 22.7. The number of pyridine rings is 1. The van der Waals surface area contributed by atoms with Crippen LogP contribution in [0.1, 0.15) is 31.2 Å². The lowest BCUT2D eigenvalue weighted by Gasteiger charge is -2.17. The SMILES string of the molecule is CCc1nc2cc(Br)nc(OCC[C@@H]3CC(=O)N(CCc4ccc(OC)cc4)C3)c2n1C. The quantitative estimate of drug-likeness (QED) is 0.412. The molecule has 0 saturated carbocycles. The van der Waals surface area contributed by atoms with Gasteiger partial charge in [0.25, 0.3) is 0 Å². The summed E-state index contributed by atoms with van der Waals surface area (Å²) in [6.07, 6.45) is 3.09. The molecule has 1 aliphatic rings. The zero-order valence-electron chi connectivity index (χ0n) is 18.8. The first-order valence-corrected chi connectivity index (χ1v) is 11.8. The lowest BCUT2D eigenvalue weighted by atomic mass is 10.1. The number of rotatable bonds is 9. The summed E-state index contributed by atoms with van der Waals surface area (Å²) in [4.78, 5) is 23.6. The molecule has 0 bridgehead atoms. The first-order valence-electron chi connectivity index (χ1n) is 11.0. The number of fused-ring (bicyclic) bond motifs is 1. The number of aryl methyl sites for hydroxylation is 2. The molecule has 8 heteroatoms. The van der Waals surface area contributed by atoms with Gasteiger partial charge in [0.1, 0.15) is 21.7 Å². The fourth-order valence-electron chi connectivity index (χ4n) is 4.28. The Kier molecular flexibility index (Phi) is 6.98. The fourth-order valence-corrected chi connectivity index (χ4v) is 4.65. The van der Waals surface area contributed by atoms with Gasteiger partial charge in [-0.3, -0.25) is 4.79 Å². The summed E-state index contributed by atoms with van der Waals surface area (Å²) in [7, 11) is 3.66. The van der Waals surface area contributed by atoms with E-state index in [1.54, 1.807) is 7.11 Å². The Hall–Kier alpha value is -2.61. The molecular weight excluding hydrogens is 472 g/mol. The zero-order valence-corrected chi connectivity index (χ0v) is 20.4. The number of carbonyl (C=O) groups is 1. The molecule has 4 rings (SSSR count). The molecule has 0 N–H and O–H groups in total. The Bertz CT molecular complexity index is 1100. The van der Waals surface area contributed by atoms with Crippen LogP contribution in [-0.2, 0) is 24.7 Å². The fraction of sp³-hybridized carbons (Fsp3) is 0.458. The third kappa shape index (κ3) is 4.90. The minimum Gasteiger partial charge on any atom is -0.497 e. The Labute approximate surface area is 196 Å². The Morgan fingerprint density at radius 2 is 2.00 bits per heavy atom. The molecule has 1 amide bonds. The van der Waals surface area contributed by atoms with Crippen molar-refractivity contribution in [2.45, 2.75) is 32.6 Å². The third-order valence-electron chi connectivity index (χ3n) is 6.09. The second-order valence-electron chi connectivity index (χ2n) is 8.20. The second-order valence-corrected chi connectivity index (χ2v) is 9.02. The number of aromatic nitrogens is 3. The molecule has 7 nitrogen and oxygen atoms in total. The molecule has 0 unspecified atom stereocenters. The highest BCUT2D eigenvalue weighted by Crippen LogP contribution is 2.28. The van der Waals surface area contributed by atoms with E-state index < -0.39 is 0 Å². The van der Waals surface area contributed by atoms with E-state index in [-0.39, 0.29) is 5.91 Å². The summed E-state index contributed by atoms with van der Waals surface area (Å²) in [5, 5.41) is 0. The predicted octanol–water partition coefficient (Wildman–Crippen LogP) is 4.16. The molecule has 170 valence electrons.